The van der Waals surface area contributed by atoms with Crippen LogP contribution in [-0.2, 0) is 10.9 Å². The fourth-order valence-electron chi connectivity index (χ4n) is 4.16. The first-order valence-electron chi connectivity index (χ1n) is 12.6. The third-order valence-electron chi connectivity index (χ3n) is 5.95. The van der Waals surface area contributed by atoms with Crippen LogP contribution in [-0.4, -0.2) is 57.1 Å². The topological polar surface area (TPSA) is 132 Å². The Balaban J connectivity index is 1.72. The van der Waals surface area contributed by atoms with Crippen LogP contribution in [0, 0.1) is 0 Å². The third-order valence-corrected chi connectivity index (χ3v) is 5.95. The van der Waals surface area contributed by atoms with Crippen molar-refractivity contribution in [2.75, 3.05) is 42.3 Å². The van der Waals surface area contributed by atoms with Gasteiger partial charge in [0.15, 0.2) is 23.2 Å². The summed E-state index contributed by atoms with van der Waals surface area (Å²) >= 11 is 0. The molecule has 0 atom stereocenters. The minimum absolute atomic E-state index is 0.121. The molecular formula is C26H29F3N8O2. The van der Waals surface area contributed by atoms with Crippen molar-refractivity contribution >= 4 is 28.8 Å². The summed E-state index contributed by atoms with van der Waals surface area (Å²) in [5.41, 5.74) is 5.09. The molecule has 3 aromatic rings. The number of amides is 1. The van der Waals surface area contributed by atoms with Crippen LogP contribution in [0.4, 0.5) is 30.5 Å². The average molecular weight is 543 g/mol. The van der Waals surface area contributed by atoms with Crippen LogP contribution in [0.25, 0.3) is 17.0 Å². The molecule has 0 aliphatic carbocycles. The molecule has 206 valence electrons. The first-order chi connectivity index (χ1) is 18.7. The van der Waals surface area contributed by atoms with Crippen molar-refractivity contribution < 1.29 is 22.7 Å². The normalized spacial score (nSPS) is 13.6. The van der Waals surface area contributed by atoms with Crippen LogP contribution >= 0.6 is 0 Å². The summed E-state index contributed by atoms with van der Waals surface area (Å²) in [6.07, 6.45) is 2.46. The van der Waals surface area contributed by atoms with E-state index in [1.807, 2.05) is 19.9 Å². The van der Waals surface area contributed by atoms with Crippen LogP contribution < -0.4 is 16.0 Å². The lowest BCUT2D eigenvalue weighted by Crippen LogP contribution is -2.27. The summed E-state index contributed by atoms with van der Waals surface area (Å²) < 4.78 is 47.0. The Morgan fingerprint density at radius 1 is 1.13 bits per heavy atom. The van der Waals surface area contributed by atoms with E-state index in [-0.39, 0.29) is 28.8 Å². The van der Waals surface area contributed by atoms with Crippen LogP contribution in [0.2, 0.25) is 0 Å². The van der Waals surface area contributed by atoms with E-state index in [4.69, 9.17) is 10.5 Å². The lowest BCUT2D eigenvalue weighted by atomic mass is 10.1. The largest absolute Gasteiger partial charge is 0.420 e. The van der Waals surface area contributed by atoms with Crippen molar-refractivity contribution in [3.8, 4) is 11.4 Å². The van der Waals surface area contributed by atoms with Crippen molar-refractivity contribution in [2.45, 2.75) is 39.3 Å². The molecule has 1 aliphatic rings. The highest BCUT2D eigenvalue weighted by Gasteiger charge is 2.36. The van der Waals surface area contributed by atoms with Crippen LogP contribution in [0.15, 0.2) is 36.8 Å². The zero-order chi connectivity index (χ0) is 28.0. The Kier molecular flexibility index (Phi) is 8.69. The number of carbonyl (C=O) groups is 1. The molecule has 0 fully saturated rings. The van der Waals surface area contributed by atoms with Crippen molar-refractivity contribution in [1.82, 2.24) is 24.9 Å². The summed E-state index contributed by atoms with van der Waals surface area (Å²) in [4.78, 5) is 35.9. The Bertz CT molecular complexity index is 1360. The number of hydrogen-bond acceptors (Lipinski definition) is 9. The molecule has 39 heavy (non-hydrogen) atoms. The maximum atomic E-state index is 13.9. The fraction of sp³-hybridized carbons (Fsp3) is 0.385. The van der Waals surface area contributed by atoms with Crippen molar-refractivity contribution in [1.29, 1.82) is 0 Å². The molecule has 0 saturated heterocycles. The van der Waals surface area contributed by atoms with Crippen molar-refractivity contribution in [3.05, 3.63) is 53.9 Å². The maximum absolute atomic E-state index is 13.9. The molecule has 0 bridgehead atoms. The Morgan fingerprint density at radius 2 is 1.90 bits per heavy atom. The van der Waals surface area contributed by atoms with Gasteiger partial charge in [0.25, 0.3) is 5.91 Å². The Labute approximate surface area is 223 Å². The van der Waals surface area contributed by atoms with E-state index in [2.05, 4.69) is 35.1 Å². The van der Waals surface area contributed by atoms with Gasteiger partial charge in [-0.15, -0.1) is 0 Å². The molecule has 4 heterocycles. The number of aromatic nitrogens is 5. The SMILES string of the molecule is CCCN(CCC)c1cccnc1NC(=O)c1nc(-c2nc(C3=CCOCC3)ncc2C(F)(F)F)cnc1N. The molecule has 1 amide bonds. The van der Waals surface area contributed by atoms with E-state index in [9.17, 15) is 18.0 Å². The van der Waals surface area contributed by atoms with E-state index in [0.29, 0.717) is 37.1 Å². The zero-order valence-corrected chi connectivity index (χ0v) is 21.6. The number of anilines is 3. The summed E-state index contributed by atoms with van der Waals surface area (Å²) in [6.45, 7) is 6.31. The molecule has 3 aromatic heterocycles. The van der Waals surface area contributed by atoms with E-state index < -0.39 is 23.3 Å². The standard InChI is InChI=1S/C26H29F3N8O2/c1-3-10-37(11-4-2)19-6-5-9-31-24(19)36-25(38)21-22(30)32-15-18(34-21)20-17(26(27,28)29)14-33-23(35-20)16-7-12-39-13-8-16/h5-7,9,14-15H,3-4,8,10-13H2,1-2H3,(H2,30,32)(H,31,36,38). The van der Waals surface area contributed by atoms with Gasteiger partial charge in [-0.1, -0.05) is 19.9 Å². The molecule has 0 unspecified atom stereocenters. The van der Waals surface area contributed by atoms with Crippen LogP contribution in [0.1, 0.15) is 55.0 Å². The molecule has 10 nitrogen and oxygen atoms in total. The van der Waals surface area contributed by atoms with Crippen molar-refractivity contribution in [3.63, 3.8) is 0 Å². The molecule has 3 N–H and O–H groups in total. The van der Waals surface area contributed by atoms with Gasteiger partial charge in [0.05, 0.1) is 25.1 Å². The monoisotopic (exact) mass is 542 g/mol. The lowest BCUT2D eigenvalue weighted by Gasteiger charge is -2.25. The first kappa shape index (κ1) is 27.9. The number of hydrogen-bond donors (Lipinski definition) is 2. The Morgan fingerprint density at radius 3 is 2.56 bits per heavy atom. The third kappa shape index (κ3) is 6.48. The van der Waals surface area contributed by atoms with Gasteiger partial charge in [-0.2, -0.15) is 13.2 Å². The first-order valence-corrected chi connectivity index (χ1v) is 12.6. The van der Waals surface area contributed by atoms with E-state index in [0.717, 1.165) is 32.1 Å². The van der Waals surface area contributed by atoms with Gasteiger partial charge in [0, 0.05) is 25.5 Å². The number of ether oxygens (including phenoxy) is 1. The average Bonchev–Trinajstić information content (AvgIpc) is 2.93. The lowest BCUT2D eigenvalue weighted by molar-refractivity contribution is -0.137. The van der Waals surface area contributed by atoms with E-state index in [1.54, 1.807) is 12.1 Å². The van der Waals surface area contributed by atoms with Crippen LogP contribution in [0.5, 0.6) is 0 Å². The highest BCUT2D eigenvalue weighted by Crippen LogP contribution is 2.36. The molecular weight excluding hydrogens is 513 g/mol. The number of nitrogens with two attached hydrogens (primary N) is 1. The second-order valence-electron chi connectivity index (χ2n) is 8.81. The van der Waals surface area contributed by atoms with Gasteiger partial charge in [-0.25, -0.2) is 24.9 Å². The van der Waals surface area contributed by atoms with Crippen molar-refractivity contribution in [2.24, 2.45) is 0 Å². The second-order valence-corrected chi connectivity index (χ2v) is 8.81. The predicted molar refractivity (Wildman–Crippen MR) is 141 cm³/mol. The molecule has 1 aliphatic heterocycles. The van der Waals surface area contributed by atoms with Crippen LogP contribution in [0.3, 0.4) is 0 Å². The summed E-state index contributed by atoms with van der Waals surface area (Å²) in [7, 11) is 0. The minimum atomic E-state index is -4.77. The molecule has 0 spiro atoms. The fourth-order valence-corrected chi connectivity index (χ4v) is 4.16. The number of carbonyl (C=O) groups excluding carboxylic acids is 1. The van der Waals surface area contributed by atoms with E-state index >= 15 is 0 Å². The number of halogens is 3. The highest BCUT2D eigenvalue weighted by molar-refractivity contribution is 6.06. The molecule has 4 rings (SSSR count). The maximum Gasteiger partial charge on any atom is 0.420 e. The molecule has 0 aromatic carbocycles. The number of nitrogen functional groups attached to an aromatic ring is 1. The highest BCUT2D eigenvalue weighted by atomic mass is 19.4. The summed E-state index contributed by atoms with van der Waals surface area (Å²) in [5.74, 6) is -0.605. The minimum Gasteiger partial charge on any atom is -0.382 e. The smallest absolute Gasteiger partial charge is 0.382 e. The van der Waals surface area contributed by atoms with Gasteiger partial charge in [-0.05, 0) is 37.0 Å². The summed E-state index contributed by atoms with van der Waals surface area (Å²) in [5, 5.41) is 2.70. The van der Waals surface area contributed by atoms with Gasteiger partial charge >= 0.3 is 6.18 Å². The quantitative estimate of drug-likeness (QED) is 0.398. The molecule has 13 heteroatoms. The predicted octanol–water partition coefficient (Wildman–Crippen LogP) is 4.61. The molecule has 0 radical (unpaired) electrons. The van der Waals surface area contributed by atoms with Gasteiger partial charge < -0.3 is 20.7 Å². The molecule has 0 saturated carbocycles. The van der Waals surface area contributed by atoms with Gasteiger partial charge in [0.1, 0.15) is 17.0 Å². The Hall–Kier alpha value is -4.13. The number of alkyl halides is 3. The number of nitrogens with zero attached hydrogens (tertiary/aromatic N) is 6. The number of pyridine rings is 1. The van der Waals surface area contributed by atoms with Gasteiger partial charge in [0.2, 0.25) is 0 Å². The summed E-state index contributed by atoms with van der Waals surface area (Å²) in [6, 6.07) is 3.60. The van der Waals surface area contributed by atoms with Gasteiger partial charge in [-0.3, -0.25) is 4.79 Å². The zero-order valence-electron chi connectivity index (χ0n) is 21.6. The number of rotatable bonds is 9. The number of nitrogens with one attached hydrogen (secondary N) is 1. The second kappa shape index (κ2) is 12.2. The van der Waals surface area contributed by atoms with E-state index in [1.165, 1.54) is 6.20 Å².